The van der Waals surface area contributed by atoms with Crippen molar-refractivity contribution in [2.75, 3.05) is 57.8 Å². The number of anilines is 1. The summed E-state index contributed by atoms with van der Waals surface area (Å²) in [5, 5.41) is 8.91. The molecule has 0 atom stereocenters. The van der Waals surface area contributed by atoms with E-state index >= 15 is 0 Å². The number of rotatable bonds is 5. The van der Waals surface area contributed by atoms with Crippen molar-refractivity contribution in [3.8, 4) is 0 Å². The number of nitrogens with zero attached hydrogens (tertiary/aromatic N) is 3. The van der Waals surface area contributed by atoms with Crippen molar-refractivity contribution >= 4 is 11.6 Å². The van der Waals surface area contributed by atoms with Crippen molar-refractivity contribution in [1.29, 1.82) is 0 Å². The van der Waals surface area contributed by atoms with Crippen LogP contribution < -0.4 is 4.90 Å². The average Bonchev–Trinajstić information content (AvgIpc) is 2.49. The molecule has 0 saturated carbocycles. The summed E-state index contributed by atoms with van der Waals surface area (Å²) in [6.07, 6.45) is 0. The molecular weight excluding hydrogens is 254 g/mol. The molecule has 1 saturated heterocycles. The zero-order valence-electron chi connectivity index (χ0n) is 12.0. The van der Waals surface area contributed by atoms with Gasteiger partial charge in [0.2, 0.25) is 5.91 Å². The SMILES string of the molecule is CN(C(=O)CN1CCN(CCO)CC1)c1ccccc1. The molecule has 1 fully saturated rings. The predicted octanol–water partition coefficient (Wildman–Crippen LogP) is 0.259. The lowest BCUT2D eigenvalue weighted by molar-refractivity contribution is -0.119. The second-order valence-corrected chi connectivity index (χ2v) is 5.13. The Morgan fingerprint density at radius 1 is 1.15 bits per heavy atom. The number of hydrogen-bond acceptors (Lipinski definition) is 4. The van der Waals surface area contributed by atoms with Gasteiger partial charge in [0, 0.05) is 45.5 Å². The van der Waals surface area contributed by atoms with Crippen molar-refractivity contribution in [3.63, 3.8) is 0 Å². The van der Waals surface area contributed by atoms with Gasteiger partial charge in [-0.05, 0) is 12.1 Å². The first-order chi connectivity index (χ1) is 9.70. The smallest absolute Gasteiger partial charge is 0.240 e. The maximum absolute atomic E-state index is 12.2. The largest absolute Gasteiger partial charge is 0.395 e. The summed E-state index contributed by atoms with van der Waals surface area (Å²) < 4.78 is 0. The molecule has 0 radical (unpaired) electrons. The number of aliphatic hydroxyl groups excluding tert-OH is 1. The van der Waals surface area contributed by atoms with Crippen LogP contribution in [0.15, 0.2) is 30.3 Å². The fourth-order valence-electron chi connectivity index (χ4n) is 2.41. The lowest BCUT2D eigenvalue weighted by Crippen LogP contribution is -2.50. The third kappa shape index (κ3) is 4.03. The Kier molecular flexibility index (Phi) is 5.52. The summed E-state index contributed by atoms with van der Waals surface area (Å²) in [6, 6.07) is 9.70. The van der Waals surface area contributed by atoms with Crippen LogP contribution in [0.5, 0.6) is 0 Å². The van der Waals surface area contributed by atoms with Gasteiger partial charge < -0.3 is 10.0 Å². The molecule has 1 aromatic rings. The molecular formula is C15H23N3O2. The molecule has 1 aliphatic rings. The molecule has 1 amide bonds. The molecule has 5 nitrogen and oxygen atoms in total. The number of benzene rings is 1. The van der Waals surface area contributed by atoms with E-state index in [2.05, 4.69) is 9.80 Å². The third-order valence-electron chi connectivity index (χ3n) is 3.76. The summed E-state index contributed by atoms with van der Waals surface area (Å²) in [6.45, 7) is 4.99. The highest BCUT2D eigenvalue weighted by molar-refractivity contribution is 5.94. The van der Waals surface area contributed by atoms with Crippen LogP contribution in [0, 0.1) is 0 Å². The summed E-state index contributed by atoms with van der Waals surface area (Å²) in [7, 11) is 1.82. The monoisotopic (exact) mass is 277 g/mol. The Bertz CT molecular complexity index is 416. The third-order valence-corrected chi connectivity index (χ3v) is 3.76. The molecule has 0 aromatic heterocycles. The van der Waals surface area contributed by atoms with Crippen LogP contribution >= 0.6 is 0 Å². The number of piperazine rings is 1. The molecule has 1 aromatic carbocycles. The molecule has 0 spiro atoms. The van der Waals surface area contributed by atoms with E-state index in [1.54, 1.807) is 4.90 Å². The summed E-state index contributed by atoms with van der Waals surface area (Å²) in [5.41, 5.74) is 0.927. The zero-order valence-corrected chi connectivity index (χ0v) is 12.0. The molecule has 0 bridgehead atoms. The molecule has 1 N–H and O–H groups in total. The minimum absolute atomic E-state index is 0.117. The number of carbonyl (C=O) groups is 1. The molecule has 1 aliphatic heterocycles. The molecule has 110 valence electrons. The highest BCUT2D eigenvalue weighted by Gasteiger charge is 2.20. The Hall–Kier alpha value is -1.43. The van der Waals surface area contributed by atoms with Gasteiger partial charge in [-0.25, -0.2) is 0 Å². The van der Waals surface area contributed by atoms with E-state index in [9.17, 15) is 4.79 Å². The van der Waals surface area contributed by atoms with Crippen LogP contribution in [-0.4, -0.2) is 73.7 Å². The fraction of sp³-hybridized carbons (Fsp3) is 0.533. The maximum atomic E-state index is 12.2. The molecule has 0 aliphatic carbocycles. The predicted molar refractivity (Wildman–Crippen MR) is 79.8 cm³/mol. The van der Waals surface area contributed by atoms with E-state index < -0.39 is 0 Å². The Labute approximate surface area is 120 Å². The van der Waals surface area contributed by atoms with Gasteiger partial charge in [-0.1, -0.05) is 18.2 Å². The number of likely N-dealkylation sites (N-methyl/N-ethyl adjacent to an activating group) is 1. The van der Waals surface area contributed by atoms with Gasteiger partial charge in [0.1, 0.15) is 0 Å². The quantitative estimate of drug-likeness (QED) is 0.839. The van der Waals surface area contributed by atoms with Crippen molar-refractivity contribution in [3.05, 3.63) is 30.3 Å². The second-order valence-electron chi connectivity index (χ2n) is 5.13. The first-order valence-corrected chi connectivity index (χ1v) is 7.08. The van der Waals surface area contributed by atoms with Crippen LogP contribution in [0.4, 0.5) is 5.69 Å². The Morgan fingerprint density at radius 3 is 2.35 bits per heavy atom. The van der Waals surface area contributed by atoms with Crippen molar-refractivity contribution in [2.45, 2.75) is 0 Å². The topological polar surface area (TPSA) is 47.0 Å². The average molecular weight is 277 g/mol. The Balaban J connectivity index is 1.81. The summed E-state index contributed by atoms with van der Waals surface area (Å²) >= 11 is 0. The normalized spacial score (nSPS) is 17.1. The van der Waals surface area contributed by atoms with Crippen molar-refractivity contribution in [2.24, 2.45) is 0 Å². The minimum Gasteiger partial charge on any atom is -0.395 e. The van der Waals surface area contributed by atoms with E-state index in [4.69, 9.17) is 5.11 Å². The van der Waals surface area contributed by atoms with Crippen molar-refractivity contribution < 1.29 is 9.90 Å². The van der Waals surface area contributed by atoms with Crippen LogP contribution in [0.2, 0.25) is 0 Å². The maximum Gasteiger partial charge on any atom is 0.240 e. The van der Waals surface area contributed by atoms with Gasteiger partial charge >= 0.3 is 0 Å². The van der Waals surface area contributed by atoms with Crippen LogP contribution in [-0.2, 0) is 4.79 Å². The van der Waals surface area contributed by atoms with Gasteiger partial charge in [0.05, 0.1) is 13.2 Å². The summed E-state index contributed by atoms with van der Waals surface area (Å²) in [5.74, 6) is 0.117. The highest BCUT2D eigenvalue weighted by atomic mass is 16.3. The van der Waals surface area contributed by atoms with Crippen molar-refractivity contribution in [1.82, 2.24) is 9.80 Å². The fourth-order valence-corrected chi connectivity index (χ4v) is 2.41. The first-order valence-electron chi connectivity index (χ1n) is 7.08. The second kappa shape index (κ2) is 7.38. The number of β-amino-alcohol motifs (C(OH)–C–C–N with tert-alkyl or cyclic N) is 1. The van der Waals surface area contributed by atoms with E-state index in [-0.39, 0.29) is 12.5 Å². The number of aliphatic hydroxyl groups is 1. The number of hydrogen-bond donors (Lipinski definition) is 1. The van der Waals surface area contributed by atoms with Crippen LogP contribution in [0.1, 0.15) is 0 Å². The van der Waals surface area contributed by atoms with E-state index in [0.29, 0.717) is 6.54 Å². The lowest BCUT2D eigenvalue weighted by atomic mass is 10.2. The molecule has 1 heterocycles. The van der Waals surface area contributed by atoms with Crippen LogP contribution in [0.25, 0.3) is 0 Å². The first kappa shape index (κ1) is 15.0. The van der Waals surface area contributed by atoms with E-state index in [1.807, 2.05) is 37.4 Å². The Morgan fingerprint density at radius 2 is 1.75 bits per heavy atom. The van der Waals surface area contributed by atoms with Gasteiger partial charge in [-0.2, -0.15) is 0 Å². The van der Waals surface area contributed by atoms with Gasteiger partial charge in [-0.3, -0.25) is 14.6 Å². The van der Waals surface area contributed by atoms with Gasteiger partial charge in [0.25, 0.3) is 0 Å². The minimum atomic E-state index is 0.117. The molecule has 2 rings (SSSR count). The van der Waals surface area contributed by atoms with Gasteiger partial charge in [0.15, 0.2) is 0 Å². The number of amides is 1. The van der Waals surface area contributed by atoms with Gasteiger partial charge in [-0.15, -0.1) is 0 Å². The lowest BCUT2D eigenvalue weighted by Gasteiger charge is -2.34. The van der Waals surface area contributed by atoms with E-state index in [1.165, 1.54) is 0 Å². The summed E-state index contributed by atoms with van der Waals surface area (Å²) in [4.78, 5) is 18.4. The highest BCUT2D eigenvalue weighted by Crippen LogP contribution is 2.12. The molecule has 5 heteroatoms. The van der Waals surface area contributed by atoms with Crippen LogP contribution in [0.3, 0.4) is 0 Å². The van der Waals surface area contributed by atoms with E-state index in [0.717, 1.165) is 38.4 Å². The zero-order chi connectivity index (χ0) is 14.4. The number of carbonyl (C=O) groups excluding carboxylic acids is 1. The number of para-hydroxylation sites is 1. The molecule has 20 heavy (non-hydrogen) atoms. The standard InChI is InChI=1S/C15H23N3O2/c1-16(14-5-3-2-4-6-14)15(20)13-18-9-7-17(8-10-18)11-12-19/h2-6,19H,7-13H2,1H3. The molecule has 0 unspecified atom stereocenters.